The van der Waals surface area contributed by atoms with Crippen molar-refractivity contribution >= 4 is 38.3 Å². The van der Waals surface area contributed by atoms with Crippen molar-refractivity contribution in [3.63, 3.8) is 0 Å². The van der Waals surface area contributed by atoms with Crippen molar-refractivity contribution in [2.45, 2.75) is 25.3 Å². The summed E-state index contributed by atoms with van der Waals surface area (Å²) in [6, 6.07) is 5.67. The van der Waals surface area contributed by atoms with Gasteiger partial charge in [-0.25, -0.2) is 18.5 Å². The molecule has 1 heterocycles. The molecule has 10 heteroatoms. The van der Waals surface area contributed by atoms with Crippen LogP contribution in [0, 0.1) is 13.8 Å². The minimum Gasteiger partial charge on any atom is -0.344 e. The number of nitrogens with one attached hydrogen (secondary N) is 2. The van der Waals surface area contributed by atoms with Crippen LogP contribution >= 0.6 is 11.3 Å². The SMILES string of the molecule is Cc1nc(NC(=O)C(=O)NCc2ccc(S(N)(=O)=O)cc2)sc1C. The van der Waals surface area contributed by atoms with Crippen molar-refractivity contribution in [3.8, 4) is 0 Å². The first-order valence-electron chi connectivity index (χ1n) is 6.82. The number of anilines is 1. The van der Waals surface area contributed by atoms with E-state index in [0.717, 1.165) is 10.6 Å². The number of thiazole rings is 1. The Bertz CT molecular complexity index is 853. The molecule has 0 aliphatic rings. The zero-order valence-electron chi connectivity index (χ0n) is 13.0. The van der Waals surface area contributed by atoms with Gasteiger partial charge in [0.15, 0.2) is 5.13 Å². The van der Waals surface area contributed by atoms with Crippen molar-refractivity contribution in [1.29, 1.82) is 0 Å². The second-order valence-electron chi connectivity index (χ2n) is 4.99. The molecule has 2 rings (SSSR count). The number of aromatic nitrogens is 1. The summed E-state index contributed by atoms with van der Waals surface area (Å²) >= 11 is 1.29. The zero-order chi connectivity index (χ0) is 17.9. The van der Waals surface area contributed by atoms with E-state index in [1.807, 2.05) is 13.8 Å². The molecule has 24 heavy (non-hydrogen) atoms. The van der Waals surface area contributed by atoms with Gasteiger partial charge in [-0.15, -0.1) is 11.3 Å². The number of hydrogen-bond acceptors (Lipinski definition) is 6. The van der Waals surface area contributed by atoms with Gasteiger partial charge in [-0.2, -0.15) is 0 Å². The fraction of sp³-hybridized carbons (Fsp3) is 0.214. The normalized spacial score (nSPS) is 11.1. The molecule has 0 spiro atoms. The van der Waals surface area contributed by atoms with Gasteiger partial charge in [0.2, 0.25) is 10.0 Å². The molecule has 2 amide bonds. The van der Waals surface area contributed by atoms with Gasteiger partial charge in [-0.05, 0) is 31.5 Å². The Hall–Kier alpha value is -2.30. The molecule has 0 aliphatic carbocycles. The van der Waals surface area contributed by atoms with Crippen LogP contribution in [0.2, 0.25) is 0 Å². The van der Waals surface area contributed by atoms with Gasteiger partial charge in [0, 0.05) is 11.4 Å². The molecule has 0 atom stereocenters. The van der Waals surface area contributed by atoms with Crippen molar-refractivity contribution in [2.75, 3.05) is 5.32 Å². The van der Waals surface area contributed by atoms with Crippen LogP contribution in [0.1, 0.15) is 16.1 Å². The molecule has 8 nitrogen and oxygen atoms in total. The lowest BCUT2D eigenvalue weighted by Gasteiger charge is -2.05. The number of hydrogen-bond donors (Lipinski definition) is 3. The van der Waals surface area contributed by atoms with Crippen LogP contribution in [0.15, 0.2) is 29.2 Å². The number of rotatable bonds is 4. The summed E-state index contributed by atoms with van der Waals surface area (Å²) in [6.45, 7) is 3.76. The second kappa shape index (κ2) is 7.07. The van der Waals surface area contributed by atoms with E-state index in [1.54, 1.807) is 0 Å². The molecule has 2 aromatic rings. The standard InChI is InChI=1S/C14H16N4O4S2/c1-8-9(2)23-14(17-8)18-13(20)12(19)16-7-10-3-5-11(6-4-10)24(15,21)22/h3-6H,7H2,1-2H3,(H,16,19)(H2,15,21,22)(H,17,18,20). The van der Waals surface area contributed by atoms with Crippen LogP contribution in [0.5, 0.6) is 0 Å². The maximum Gasteiger partial charge on any atom is 0.315 e. The van der Waals surface area contributed by atoms with Gasteiger partial charge in [0.25, 0.3) is 0 Å². The van der Waals surface area contributed by atoms with Crippen molar-refractivity contribution in [3.05, 3.63) is 40.4 Å². The summed E-state index contributed by atoms with van der Waals surface area (Å²) in [7, 11) is -3.76. The number of nitrogens with two attached hydrogens (primary N) is 1. The van der Waals surface area contributed by atoms with E-state index in [9.17, 15) is 18.0 Å². The molecule has 1 aromatic heterocycles. The fourth-order valence-electron chi connectivity index (χ4n) is 1.74. The molecule has 0 unspecified atom stereocenters. The summed E-state index contributed by atoms with van der Waals surface area (Å²) in [4.78, 5) is 28.6. The highest BCUT2D eigenvalue weighted by Crippen LogP contribution is 2.20. The summed E-state index contributed by atoms with van der Waals surface area (Å²) in [6.07, 6.45) is 0. The maximum atomic E-state index is 11.8. The molecule has 0 radical (unpaired) electrons. The van der Waals surface area contributed by atoms with E-state index in [1.165, 1.54) is 35.6 Å². The van der Waals surface area contributed by atoms with E-state index in [2.05, 4.69) is 15.6 Å². The smallest absolute Gasteiger partial charge is 0.315 e. The molecule has 0 aliphatic heterocycles. The molecule has 0 fully saturated rings. The first kappa shape index (κ1) is 18.0. The second-order valence-corrected chi connectivity index (χ2v) is 7.75. The van der Waals surface area contributed by atoms with E-state index in [-0.39, 0.29) is 11.4 Å². The van der Waals surface area contributed by atoms with E-state index in [4.69, 9.17) is 5.14 Å². The lowest BCUT2D eigenvalue weighted by molar-refractivity contribution is -0.136. The monoisotopic (exact) mass is 368 g/mol. The van der Waals surface area contributed by atoms with Gasteiger partial charge < -0.3 is 5.32 Å². The largest absolute Gasteiger partial charge is 0.344 e. The van der Waals surface area contributed by atoms with Gasteiger partial charge in [-0.1, -0.05) is 12.1 Å². The Morgan fingerprint density at radius 2 is 1.79 bits per heavy atom. The maximum absolute atomic E-state index is 11.8. The number of aryl methyl sites for hydroxylation is 2. The number of carbonyl (C=O) groups excluding carboxylic acids is 2. The zero-order valence-corrected chi connectivity index (χ0v) is 14.6. The molecular weight excluding hydrogens is 352 g/mol. The highest BCUT2D eigenvalue weighted by molar-refractivity contribution is 7.89. The highest BCUT2D eigenvalue weighted by Gasteiger charge is 2.16. The lowest BCUT2D eigenvalue weighted by Crippen LogP contribution is -2.34. The predicted molar refractivity (Wildman–Crippen MR) is 89.9 cm³/mol. The first-order chi connectivity index (χ1) is 11.2. The van der Waals surface area contributed by atoms with E-state index < -0.39 is 21.8 Å². The Morgan fingerprint density at radius 1 is 1.17 bits per heavy atom. The third kappa shape index (κ3) is 4.60. The third-order valence-electron chi connectivity index (χ3n) is 3.16. The highest BCUT2D eigenvalue weighted by atomic mass is 32.2. The fourth-order valence-corrected chi connectivity index (χ4v) is 3.06. The number of benzene rings is 1. The van der Waals surface area contributed by atoms with Gasteiger partial charge in [0.1, 0.15) is 0 Å². The van der Waals surface area contributed by atoms with E-state index in [0.29, 0.717) is 10.7 Å². The Kier molecular flexibility index (Phi) is 5.32. The predicted octanol–water partition coefficient (Wildman–Crippen LogP) is 0.662. The van der Waals surface area contributed by atoms with Crippen LogP contribution in [0.25, 0.3) is 0 Å². The minimum atomic E-state index is -3.76. The molecule has 128 valence electrons. The molecular formula is C14H16N4O4S2. The first-order valence-corrected chi connectivity index (χ1v) is 9.18. The van der Waals surface area contributed by atoms with Crippen LogP contribution in [-0.4, -0.2) is 25.2 Å². The summed E-state index contributed by atoms with van der Waals surface area (Å²) in [5, 5.41) is 10.2. The summed E-state index contributed by atoms with van der Waals surface area (Å²) in [5.41, 5.74) is 1.43. The topological polar surface area (TPSA) is 131 Å². The Labute approximate surface area is 143 Å². The minimum absolute atomic E-state index is 0.0233. The number of primary sulfonamides is 1. The molecule has 0 saturated carbocycles. The van der Waals surface area contributed by atoms with Crippen LogP contribution < -0.4 is 15.8 Å². The number of nitrogens with zero attached hydrogens (tertiary/aromatic N) is 1. The van der Waals surface area contributed by atoms with Crippen molar-refractivity contribution < 1.29 is 18.0 Å². The van der Waals surface area contributed by atoms with Crippen LogP contribution in [0.4, 0.5) is 5.13 Å². The van der Waals surface area contributed by atoms with Crippen LogP contribution in [-0.2, 0) is 26.2 Å². The molecule has 4 N–H and O–H groups in total. The number of sulfonamides is 1. The van der Waals surface area contributed by atoms with Gasteiger partial charge in [-0.3, -0.25) is 14.9 Å². The van der Waals surface area contributed by atoms with E-state index >= 15 is 0 Å². The Morgan fingerprint density at radius 3 is 2.29 bits per heavy atom. The summed E-state index contributed by atoms with van der Waals surface area (Å²) < 4.78 is 22.3. The number of amides is 2. The average Bonchev–Trinajstić information content (AvgIpc) is 2.82. The number of carbonyl (C=O) groups is 2. The van der Waals surface area contributed by atoms with Gasteiger partial charge >= 0.3 is 11.8 Å². The molecule has 0 bridgehead atoms. The Balaban J connectivity index is 1.91. The van der Waals surface area contributed by atoms with Crippen molar-refractivity contribution in [2.24, 2.45) is 5.14 Å². The quantitative estimate of drug-likeness (QED) is 0.682. The van der Waals surface area contributed by atoms with Crippen LogP contribution in [0.3, 0.4) is 0 Å². The van der Waals surface area contributed by atoms with Gasteiger partial charge in [0.05, 0.1) is 10.6 Å². The average molecular weight is 368 g/mol. The molecule has 0 saturated heterocycles. The lowest BCUT2D eigenvalue weighted by atomic mass is 10.2. The summed E-state index contributed by atoms with van der Waals surface area (Å²) in [5.74, 6) is -1.62. The molecule has 1 aromatic carbocycles. The third-order valence-corrected chi connectivity index (χ3v) is 5.08. The van der Waals surface area contributed by atoms with Crippen molar-refractivity contribution in [1.82, 2.24) is 10.3 Å².